The molecule has 132 valence electrons. The van der Waals surface area contributed by atoms with Gasteiger partial charge in [0.1, 0.15) is 23.4 Å². The molecule has 0 amide bonds. The first-order valence-electron chi connectivity index (χ1n) is 8.57. The molecule has 3 aromatic rings. The van der Waals surface area contributed by atoms with Crippen LogP contribution in [0.1, 0.15) is 45.8 Å². The average molecular weight is 341 g/mol. The molecule has 1 fully saturated rings. The van der Waals surface area contributed by atoms with E-state index >= 15 is 0 Å². The summed E-state index contributed by atoms with van der Waals surface area (Å²) in [6.07, 6.45) is 10.8. The van der Waals surface area contributed by atoms with Crippen molar-refractivity contribution in [1.82, 2.24) is 19.9 Å². The van der Waals surface area contributed by atoms with Crippen molar-refractivity contribution in [2.45, 2.75) is 44.9 Å². The first-order valence-corrected chi connectivity index (χ1v) is 8.57. The van der Waals surface area contributed by atoms with Crippen LogP contribution in [0, 0.1) is 17.2 Å². The van der Waals surface area contributed by atoms with Gasteiger partial charge in [-0.25, -0.2) is 9.97 Å². The number of H-pyrrole nitrogens is 2. The number of pyridine rings is 1. The lowest BCUT2D eigenvalue weighted by atomic mass is 9.87. The second kappa shape index (κ2) is 7.79. The van der Waals surface area contributed by atoms with Gasteiger partial charge in [-0.2, -0.15) is 5.26 Å². The Morgan fingerprint density at radius 2 is 2.20 bits per heavy atom. The zero-order chi connectivity index (χ0) is 17.6. The van der Waals surface area contributed by atoms with E-state index in [1.165, 1.54) is 32.1 Å². The molecule has 7 nitrogen and oxygen atoms in total. The van der Waals surface area contributed by atoms with Gasteiger partial charge in [0.2, 0.25) is 0 Å². The SMILES string of the molecule is N#CCC1CCCCC1.O=C(O)Cc1nc2c(cnc3[nH]ccc32)[nH]1.[HH]. The molecule has 0 spiro atoms. The summed E-state index contributed by atoms with van der Waals surface area (Å²) in [6.45, 7) is 0. The molecule has 25 heavy (non-hydrogen) atoms. The van der Waals surface area contributed by atoms with Crippen molar-refractivity contribution in [2.24, 2.45) is 5.92 Å². The molecule has 0 atom stereocenters. The Hall–Kier alpha value is -2.88. The first kappa shape index (κ1) is 17.0. The Kier molecular flexibility index (Phi) is 5.29. The van der Waals surface area contributed by atoms with Gasteiger partial charge in [-0.3, -0.25) is 4.79 Å². The van der Waals surface area contributed by atoms with Gasteiger partial charge >= 0.3 is 5.97 Å². The van der Waals surface area contributed by atoms with Crippen molar-refractivity contribution < 1.29 is 11.3 Å². The molecule has 3 aromatic heterocycles. The van der Waals surface area contributed by atoms with E-state index in [0.717, 1.165) is 34.4 Å². The lowest BCUT2D eigenvalue weighted by Gasteiger charge is -2.17. The number of hydrogen-bond acceptors (Lipinski definition) is 4. The molecule has 1 saturated carbocycles. The number of aromatic amines is 2. The van der Waals surface area contributed by atoms with Gasteiger partial charge in [0.25, 0.3) is 0 Å². The number of nitrogens with zero attached hydrogens (tertiary/aromatic N) is 3. The molecule has 0 bridgehead atoms. The maximum Gasteiger partial charge on any atom is 0.311 e. The van der Waals surface area contributed by atoms with Crippen molar-refractivity contribution in [3.8, 4) is 6.07 Å². The van der Waals surface area contributed by atoms with Gasteiger partial charge in [0.05, 0.1) is 17.8 Å². The number of hydrogen-bond donors (Lipinski definition) is 3. The second-order valence-corrected chi connectivity index (χ2v) is 6.38. The number of nitrogens with one attached hydrogen (secondary N) is 2. The van der Waals surface area contributed by atoms with E-state index in [4.69, 9.17) is 10.4 Å². The predicted molar refractivity (Wildman–Crippen MR) is 96.0 cm³/mol. The van der Waals surface area contributed by atoms with Crippen molar-refractivity contribution in [1.29, 1.82) is 5.26 Å². The molecule has 0 radical (unpaired) electrons. The maximum absolute atomic E-state index is 10.6. The molecule has 0 saturated heterocycles. The van der Waals surface area contributed by atoms with Crippen LogP contribution in [0.3, 0.4) is 0 Å². The minimum atomic E-state index is -0.905. The van der Waals surface area contributed by atoms with Gasteiger partial charge in [-0.15, -0.1) is 0 Å². The van der Waals surface area contributed by atoms with Crippen LogP contribution in [-0.2, 0) is 11.2 Å². The summed E-state index contributed by atoms with van der Waals surface area (Å²) in [5.74, 6) is 0.277. The monoisotopic (exact) mass is 341 g/mol. The Balaban J connectivity index is 0.000000210. The highest BCUT2D eigenvalue weighted by atomic mass is 16.4. The number of imidazole rings is 1. The Bertz CT molecular complexity index is 905. The fourth-order valence-electron chi connectivity index (χ4n) is 3.27. The van der Waals surface area contributed by atoms with Crippen LogP contribution in [0.4, 0.5) is 0 Å². The third kappa shape index (κ3) is 4.15. The molecule has 0 unspecified atom stereocenters. The van der Waals surface area contributed by atoms with E-state index in [1.807, 2.05) is 6.07 Å². The Labute approximate surface area is 146 Å². The predicted octanol–water partition coefficient (Wildman–Crippen LogP) is 3.79. The number of aliphatic carboxylic acids is 1. The zero-order valence-electron chi connectivity index (χ0n) is 14.0. The number of nitriles is 1. The fourth-order valence-corrected chi connectivity index (χ4v) is 3.27. The molecule has 3 N–H and O–H groups in total. The molecular weight excluding hydrogens is 318 g/mol. The van der Waals surface area contributed by atoms with E-state index in [1.54, 1.807) is 12.4 Å². The van der Waals surface area contributed by atoms with Crippen molar-refractivity contribution in [2.75, 3.05) is 0 Å². The van der Waals surface area contributed by atoms with Crippen molar-refractivity contribution in [3.05, 3.63) is 24.3 Å². The summed E-state index contributed by atoms with van der Waals surface area (Å²) >= 11 is 0. The molecular formula is C18H23N5O2. The summed E-state index contributed by atoms with van der Waals surface area (Å²) in [6, 6.07) is 4.11. The minimum absolute atomic E-state index is 0. The van der Waals surface area contributed by atoms with Crippen LogP contribution in [0.15, 0.2) is 18.5 Å². The molecule has 7 heteroatoms. The third-order valence-electron chi connectivity index (χ3n) is 4.51. The van der Waals surface area contributed by atoms with Gasteiger partial charge < -0.3 is 15.1 Å². The topological polar surface area (TPSA) is 118 Å². The molecule has 0 aliphatic heterocycles. The van der Waals surface area contributed by atoms with Crippen LogP contribution in [-0.4, -0.2) is 31.0 Å². The standard InChI is InChI=1S/C10H8N4O2.C8H13N.H2/c15-8(16)3-7-13-6-4-12-10-5(1-2-11-10)9(6)14-7;9-7-6-8-4-2-1-3-5-8;/h1-2,4H,3H2,(H,11,12)(H,13,14)(H,15,16);8H,1-6H2;1H. The number of carboxylic acid groups (broad SMARTS) is 1. The van der Waals surface area contributed by atoms with Crippen LogP contribution < -0.4 is 0 Å². The quantitative estimate of drug-likeness (QED) is 0.669. The van der Waals surface area contributed by atoms with Crippen LogP contribution in [0.5, 0.6) is 0 Å². The summed E-state index contributed by atoms with van der Waals surface area (Å²) in [7, 11) is 0. The summed E-state index contributed by atoms with van der Waals surface area (Å²) in [5.41, 5.74) is 2.26. The third-order valence-corrected chi connectivity index (χ3v) is 4.51. The molecule has 0 aromatic carbocycles. The largest absolute Gasteiger partial charge is 0.481 e. The van der Waals surface area contributed by atoms with Crippen LogP contribution >= 0.6 is 0 Å². The highest BCUT2D eigenvalue weighted by Crippen LogP contribution is 2.25. The van der Waals surface area contributed by atoms with E-state index in [0.29, 0.717) is 5.82 Å². The van der Waals surface area contributed by atoms with E-state index in [2.05, 4.69) is 26.0 Å². The minimum Gasteiger partial charge on any atom is -0.481 e. The highest BCUT2D eigenvalue weighted by Gasteiger charge is 2.12. The van der Waals surface area contributed by atoms with Crippen molar-refractivity contribution in [3.63, 3.8) is 0 Å². The number of carboxylic acids is 1. The summed E-state index contributed by atoms with van der Waals surface area (Å²) in [5, 5.41) is 17.9. The molecule has 1 aliphatic rings. The van der Waals surface area contributed by atoms with E-state index < -0.39 is 5.97 Å². The Morgan fingerprint density at radius 3 is 2.92 bits per heavy atom. The second-order valence-electron chi connectivity index (χ2n) is 6.38. The van der Waals surface area contributed by atoms with Crippen LogP contribution in [0.25, 0.3) is 22.1 Å². The molecule has 1 aliphatic carbocycles. The molecule has 4 rings (SSSR count). The first-order chi connectivity index (χ1) is 12.2. The Morgan fingerprint density at radius 1 is 1.40 bits per heavy atom. The van der Waals surface area contributed by atoms with E-state index in [9.17, 15) is 4.79 Å². The lowest BCUT2D eigenvalue weighted by Crippen LogP contribution is -2.04. The van der Waals surface area contributed by atoms with Crippen LogP contribution in [0.2, 0.25) is 0 Å². The lowest BCUT2D eigenvalue weighted by molar-refractivity contribution is -0.136. The fraction of sp³-hybridized carbons (Fsp3) is 0.444. The summed E-state index contributed by atoms with van der Waals surface area (Å²) < 4.78 is 0. The average Bonchev–Trinajstić information content (AvgIpc) is 3.21. The number of carbonyl (C=O) groups is 1. The maximum atomic E-state index is 10.6. The molecule has 3 heterocycles. The number of rotatable bonds is 3. The van der Waals surface area contributed by atoms with Crippen molar-refractivity contribution >= 4 is 28.0 Å². The smallest absolute Gasteiger partial charge is 0.311 e. The van der Waals surface area contributed by atoms with Gasteiger partial charge in [0.15, 0.2) is 0 Å². The summed E-state index contributed by atoms with van der Waals surface area (Å²) in [4.78, 5) is 24.9. The van der Waals surface area contributed by atoms with Gasteiger partial charge in [0, 0.05) is 19.4 Å². The van der Waals surface area contributed by atoms with E-state index in [-0.39, 0.29) is 7.85 Å². The normalized spacial score (nSPS) is 14.8. The highest BCUT2D eigenvalue weighted by molar-refractivity contribution is 6.00. The van der Waals surface area contributed by atoms with Gasteiger partial charge in [-0.1, -0.05) is 19.3 Å². The number of fused-ring (bicyclic) bond motifs is 3. The zero-order valence-corrected chi connectivity index (χ0v) is 14.0. The number of aromatic nitrogens is 4. The van der Waals surface area contributed by atoms with Gasteiger partial charge in [-0.05, 0) is 24.8 Å².